The Morgan fingerprint density at radius 1 is 1.30 bits per heavy atom. The minimum Gasteiger partial charge on any atom is -0.354 e. The summed E-state index contributed by atoms with van der Waals surface area (Å²) in [7, 11) is 0. The van der Waals surface area contributed by atoms with E-state index in [1.165, 1.54) is 0 Å². The first-order chi connectivity index (χ1) is 9.81. The molecule has 0 bridgehead atoms. The predicted octanol–water partition coefficient (Wildman–Crippen LogP) is -0.650. The normalized spacial score (nSPS) is 21.0. The second-order valence-electron chi connectivity index (χ2n) is 5.29. The number of nitrogens with one attached hydrogen (secondary N) is 1. The second-order valence-corrected chi connectivity index (χ2v) is 5.29. The highest BCUT2D eigenvalue weighted by Gasteiger charge is 2.35. The Balaban J connectivity index is 1.48. The number of amides is 1. The van der Waals surface area contributed by atoms with E-state index < -0.39 is 0 Å². The van der Waals surface area contributed by atoms with Crippen LogP contribution in [-0.4, -0.2) is 64.2 Å². The molecule has 0 unspecified atom stereocenters. The summed E-state index contributed by atoms with van der Waals surface area (Å²) in [6.45, 7) is 4.05. The molecule has 0 saturated carbocycles. The summed E-state index contributed by atoms with van der Waals surface area (Å²) < 4.78 is 1.84. The molecule has 4 rings (SSSR count). The maximum atomic E-state index is 11.4. The van der Waals surface area contributed by atoms with Crippen LogP contribution in [-0.2, 0) is 4.79 Å². The fraction of sp³-hybridized carbons (Fsp3) is 0.462. The summed E-state index contributed by atoms with van der Waals surface area (Å²) in [5.41, 5.74) is 1.03. The van der Waals surface area contributed by atoms with Crippen molar-refractivity contribution >= 4 is 17.2 Å². The van der Waals surface area contributed by atoms with Gasteiger partial charge in [-0.2, -0.15) is 5.10 Å². The number of rotatable bonds is 2. The van der Waals surface area contributed by atoms with E-state index in [2.05, 4.69) is 25.2 Å². The van der Waals surface area contributed by atoms with Crippen molar-refractivity contribution in [2.24, 2.45) is 0 Å². The number of nitrogens with zero attached hydrogens (tertiary/aromatic N) is 5. The number of carbonyl (C=O) groups is 1. The summed E-state index contributed by atoms with van der Waals surface area (Å²) in [6.07, 6.45) is 5.41. The predicted molar refractivity (Wildman–Crippen MR) is 73.6 cm³/mol. The summed E-state index contributed by atoms with van der Waals surface area (Å²) in [4.78, 5) is 20.4. The average molecular weight is 272 g/mol. The topological polar surface area (TPSA) is 65.8 Å². The Labute approximate surface area is 116 Å². The van der Waals surface area contributed by atoms with Gasteiger partial charge in [0.2, 0.25) is 5.91 Å². The highest BCUT2D eigenvalue weighted by molar-refractivity contribution is 5.79. The van der Waals surface area contributed by atoms with Crippen LogP contribution >= 0.6 is 0 Å². The molecule has 0 spiro atoms. The molecule has 2 aliphatic heterocycles. The summed E-state index contributed by atoms with van der Waals surface area (Å²) in [5, 5.41) is 7.09. The maximum absolute atomic E-state index is 11.4. The standard InChI is InChI=1S/C13H16N6O/c20-12-9-17(5-3-14-12)10-7-18(8-10)13-11-1-2-16-19(11)6-4-15-13/h1-2,4,6,10H,3,5,7-9H2,(H,14,20). The molecule has 104 valence electrons. The van der Waals surface area contributed by atoms with Gasteiger partial charge in [0.1, 0.15) is 5.52 Å². The fourth-order valence-corrected chi connectivity index (χ4v) is 2.92. The van der Waals surface area contributed by atoms with Gasteiger partial charge in [-0.15, -0.1) is 0 Å². The van der Waals surface area contributed by atoms with Gasteiger partial charge in [0, 0.05) is 44.6 Å². The zero-order chi connectivity index (χ0) is 13.5. The zero-order valence-corrected chi connectivity index (χ0v) is 11.1. The van der Waals surface area contributed by atoms with Crippen molar-refractivity contribution in [1.82, 2.24) is 24.8 Å². The Morgan fingerprint density at radius 2 is 2.20 bits per heavy atom. The average Bonchev–Trinajstić information content (AvgIpc) is 2.86. The van der Waals surface area contributed by atoms with Gasteiger partial charge in [-0.25, -0.2) is 9.50 Å². The van der Waals surface area contributed by atoms with E-state index in [-0.39, 0.29) is 5.91 Å². The quantitative estimate of drug-likeness (QED) is 0.787. The van der Waals surface area contributed by atoms with Crippen molar-refractivity contribution in [3.63, 3.8) is 0 Å². The molecule has 7 nitrogen and oxygen atoms in total. The van der Waals surface area contributed by atoms with E-state index in [1.54, 1.807) is 12.4 Å². The molecule has 0 atom stereocenters. The molecule has 2 aliphatic rings. The van der Waals surface area contributed by atoms with Crippen LogP contribution in [0.2, 0.25) is 0 Å². The number of piperazine rings is 1. The SMILES string of the molecule is O=C1CN(C2CN(c3nccn4nccc34)C2)CCN1. The summed E-state index contributed by atoms with van der Waals surface area (Å²) in [6, 6.07) is 2.43. The van der Waals surface area contributed by atoms with Crippen LogP contribution < -0.4 is 10.2 Å². The van der Waals surface area contributed by atoms with E-state index in [4.69, 9.17) is 0 Å². The fourth-order valence-electron chi connectivity index (χ4n) is 2.92. The molecule has 0 aliphatic carbocycles. The molecule has 4 heterocycles. The van der Waals surface area contributed by atoms with Gasteiger partial charge in [-0.05, 0) is 6.07 Å². The number of carbonyl (C=O) groups excluding carboxylic acids is 1. The van der Waals surface area contributed by atoms with Crippen molar-refractivity contribution in [2.75, 3.05) is 37.6 Å². The smallest absolute Gasteiger partial charge is 0.234 e. The Hall–Kier alpha value is -2.15. The molecule has 0 aromatic carbocycles. The third kappa shape index (κ3) is 1.82. The van der Waals surface area contributed by atoms with Gasteiger partial charge in [0.15, 0.2) is 5.82 Å². The van der Waals surface area contributed by atoms with Gasteiger partial charge >= 0.3 is 0 Å². The van der Waals surface area contributed by atoms with E-state index >= 15 is 0 Å². The number of hydrogen-bond donors (Lipinski definition) is 1. The van der Waals surface area contributed by atoms with Crippen molar-refractivity contribution in [2.45, 2.75) is 6.04 Å². The molecule has 20 heavy (non-hydrogen) atoms. The lowest BCUT2D eigenvalue weighted by Crippen LogP contribution is -2.64. The molecule has 7 heteroatoms. The van der Waals surface area contributed by atoms with E-state index in [1.807, 2.05) is 16.8 Å². The lowest BCUT2D eigenvalue weighted by Gasteiger charge is -2.46. The Kier molecular flexibility index (Phi) is 2.59. The van der Waals surface area contributed by atoms with Crippen LogP contribution in [0, 0.1) is 0 Å². The van der Waals surface area contributed by atoms with Gasteiger partial charge in [-0.1, -0.05) is 0 Å². The monoisotopic (exact) mass is 272 g/mol. The van der Waals surface area contributed by atoms with Crippen LogP contribution in [0.3, 0.4) is 0 Å². The van der Waals surface area contributed by atoms with E-state index in [9.17, 15) is 4.79 Å². The highest BCUT2D eigenvalue weighted by Crippen LogP contribution is 2.25. The third-order valence-corrected chi connectivity index (χ3v) is 4.05. The molecular formula is C13H16N6O. The number of anilines is 1. The third-order valence-electron chi connectivity index (χ3n) is 4.05. The molecule has 1 amide bonds. The van der Waals surface area contributed by atoms with Gasteiger partial charge < -0.3 is 10.2 Å². The molecule has 2 aromatic heterocycles. The molecule has 2 aromatic rings. The van der Waals surface area contributed by atoms with Crippen LogP contribution in [0.5, 0.6) is 0 Å². The number of aromatic nitrogens is 3. The molecular weight excluding hydrogens is 256 g/mol. The molecule has 1 N–H and O–H groups in total. The maximum Gasteiger partial charge on any atom is 0.234 e. The minimum atomic E-state index is 0.130. The minimum absolute atomic E-state index is 0.130. The first-order valence-corrected chi connectivity index (χ1v) is 6.85. The lowest BCUT2D eigenvalue weighted by molar-refractivity contribution is -0.125. The van der Waals surface area contributed by atoms with Crippen molar-refractivity contribution in [3.8, 4) is 0 Å². The highest BCUT2D eigenvalue weighted by atomic mass is 16.2. The van der Waals surface area contributed by atoms with Gasteiger partial charge in [-0.3, -0.25) is 9.69 Å². The zero-order valence-electron chi connectivity index (χ0n) is 11.1. The molecule has 2 fully saturated rings. The van der Waals surface area contributed by atoms with Crippen molar-refractivity contribution < 1.29 is 4.79 Å². The largest absolute Gasteiger partial charge is 0.354 e. The van der Waals surface area contributed by atoms with Crippen molar-refractivity contribution in [1.29, 1.82) is 0 Å². The van der Waals surface area contributed by atoms with Gasteiger partial charge in [0.05, 0.1) is 12.7 Å². The molecule has 0 radical (unpaired) electrons. The van der Waals surface area contributed by atoms with Crippen LogP contribution in [0.25, 0.3) is 5.52 Å². The Bertz CT molecular complexity index is 647. The second kappa shape index (κ2) is 4.45. The number of hydrogen-bond acceptors (Lipinski definition) is 5. The first kappa shape index (κ1) is 11.7. The van der Waals surface area contributed by atoms with Crippen molar-refractivity contribution in [3.05, 3.63) is 24.7 Å². The lowest BCUT2D eigenvalue weighted by atomic mass is 10.1. The van der Waals surface area contributed by atoms with E-state index in [0.717, 1.165) is 37.5 Å². The van der Waals surface area contributed by atoms with Crippen LogP contribution in [0.4, 0.5) is 5.82 Å². The molecule has 2 saturated heterocycles. The number of fused-ring (bicyclic) bond motifs is 1. The van der Waals surface area contributed by atoms with E-state index in [0.29, 0.717) is 12.6 Å². The van der Waals surface area contributed by atoms with Crippen LogP contribution in [0.1, 0.15) is 0 Å². The van der Waals surface area contributed by atoms with Crippen LogP contribution in [0.15, 0.2) is 24.7 Å². The Morgan fingerprint density at radius 3 is 3.05 bits per heavy atom. The summed E-state index contributed by atoms with van der Waals surface area (Å²) >= 11 is 0. The van der Waals surface area contributed by atoms with Gasteiger partial charge in [0.25, 0.3) is 0 Å². The summed E-state index contributed by atoms with van der Waals surface area (Å²) in [5.74, 6) is 1.11. The first-order valence-electron chi connectivity index (χ1n) is 6.85.